The molecular formula is C20H16BrNO3. The Labute approximate surface area is 153 Å². The molecule has 0 unspecified atom stereocenters. The van der Waals surface area contributed by atoms with Crippen LogP contribution in [-0.4, -0.2) is 15.6 Å². The second-order valence-electron chi connectivity index (χ2n) is 5.63. The highest BCUT2D eigenvalue weighted by Crippen LogP contribution is 2.23. The lowest BCUT2D eigenvalue weighted by molar-refractivity contribution is 0.0697. The van der Waals surface area contributed by atoms with Crippen LogP contribution < -0.4 is 5.56 Å². The molecule has 126 valence electrons. The number of carbonyl (C=O) groups is 1. The third-order valence-corrected chi connectivity index (χ3v) is 4.55. The maximum absolute atomic E-state index is 12.9. The van der Waals surface area contributed by atoms with Crippen LogP contribution in [0.15, 0.2) is 63.9 Å². The normalized spacial score (nSPS) is 11.3. The summed E-state index contributed by atoms with van der Waals surface area (Å²) in [5.74, 6) is -1.04. The van der Waals surface area contributed by atoms with E-state index in [1.807, 2.05) is 24.3 Å². The quantitative estimate of drug-likeness (QED) is 0.702. The van der Waals surface area contributed by atoms with E-state index >= 15 is 0 Å². The van der Waals surface area contributed by atoms with E-state index in [1.165, 1.54) is 4.57 Å². The molecule has 4 nitrogen and oxygen atoms in total. The van der Waals surface area contributed by atoms with Crippen LogP contribution in [0.25, 0.3) is 17.0 Å². The van der Waals surface area contributed by atoms with Crippen LogP contribution >= 0.6 is 15.9 Å². The van der Waals surface area contributed by atoms with Gasteiger partial charge in [0.25, 0.3) is 5.56 Å². The van der Waals surface area contributed by atoms with Crippen molar-refractivity contribution in [3.63, 3.8) is 0 Å². The Kier molecular flexibility index (Phi) is 4.86. The largest absolute Gasteiger partial charge is 0.478 e. The molecule has 0 radical (unpaired) electrons. The lowest BCUT2D eigenvalue weighted by Crippen LogP contribution is -2.24. The maximum atomic E-state index is 12.9. The number of allylic oxidation sites excluding steroid dienone is 1. The summed E-state index contributed by atoms with van der Waals surface area (Å²) in [5, 5.41) is 10.7. The van der Waals surface area contributed by atoms with Gasteiger partial charge in [-0.3, -0.25) is 9.36 Å². The molecule has 0 spiro atoms. The molecule has 0 aliphatic carbocycles. The Morgan fingerprint density at radius 2 is 1.76 bits per heavy atom. The maximum Gasteiger partial charge on any atom is 0.338 e. The van der Waals surface area contributed by atoms with Crippen LogP contribution in [0, 0.1) is 0 Å². The van der Waals surface area contributed by atoms with Gasteiger partial charge < -0.3 is 5.11 Å². The molecule has 0 saturated carbocycles. The molecule has 1 aromatic heterocycles. The van der Waals surface area contributed by atoms with E-state index in [1.54, 1.807) is 43.5 Å². The van der Waals surface area contributed by atoms with Gasteiger partial charge in [-0.2, -0.15) is 0 Å². The predicted octanol–water partition coefficient (Wildman–Crippen LogP) is 4.54. The van der Waals surface area contributed by atoms with E-state index in [0.717, 1.165) is 10.0 Å². The van der Waals surface area contributed by atoms with Gasteiger partial charge in [0.1, 0.15) is 0 Å². The van der Waals surface area contributed by atoms with E-state index in [0.29, 0.717) is 22.9 Å². The zero-order valence-corrected chi connectivity index (χ0v) is 15.2. The molecule has 1 heterocycles. The molecule has 0 aliphatic heterocycles. The zero-order chi connectivity index (χ0) is 18.0. The number of carboxylic acids is 1. The molecule has 0 aliphatic rings. The number of benzene rings is 2. The van der Waals surface area contributed by atoms with E-state index in [-0.39, 0.29) is 11.1 Å². The first-order chi connectivity index (χ1) is 12.0. The van der Waals surface area contributed by atoms with Crippen molar-refractivity contribution in [2.24, 2.45) is 0 Å². The van der Waals surface area contributed by atoms with Crippen LogP contribution in [0.5, 0.6) is 0 Å². The van der Waals surface area contributed by atoms with E-state index in [4.69, 9.17) is 0 Å². The number of fused-ring (bicyclic) bond motifs is 1. The monoisotopic (exact) mass is 397 g/mol. The van der Waals surface area contributed by atoms with Gasteiger partial charge in [0.2, 0.25) is 0 Å². The molecule has 0 atom stereocenters. The first-order valence-corrected chi connectivity index (χ1v) is 8.59. The van der Waals surface area contributed by atoms with Crippen molar-refractivity contribution in [2.75, 3.05) is 0 Å². The minimum atomic E-state index is -1.04. The molecule has 1 N–H and O–H groups in total. The van der Waals surface area contributed by atoms with Crippen molar-refractivity contribution in [3.05, 3.63) is 86.3 Å². The Balaban J connectivity index is 2.36. The van der Waals surface area contributed by atoms with E-state index < -0.39 is 5.97 Å². The smallest absolute Gasteiger partial charge is 0.338 e. The van der Waals surface area contributed by atoms with Crippen molar-refractivity contribution >= 4 is 38.9 Å². The highest BCUT2D eigenvalue weighted by atomic mass is 79.9. The number of pyridine rings is 1. The molecule has 3 rings (SSSR count). The van der Waals surface area contributed by atoms with E-state index in [2.05, 4.69) is 15.9 Å². The SMILES string of the molecule is C/C=C/n1c(Cc2ccc(Br)cc2)c(C(=O)O)c2ccccc2c1=O. The molecular weight excluding hydrogens is 382 g/mol. The van der Waals surface area contributed by atoms with Gasteiger partial charge in [-0.05, 0) is 30.7 Å². The molecule has 0 bridgehead atoms. The lowest BCUT2D eigenvalue weighted by Gasteiger charge is -2.15. The zero-order valence-electron chi connectivity index (χ0n) is 13.6. The highest BCUT2D eigenvalue weighted by Gasteiger charge is 2.20. The summed E-state index contributed by atoms with van der Waals surface area (Å²) in [6, 6.07) is 14.5. The van der Waals surface area contributed by atoms with Gasteiger partial charge in [0.05, 0.1) is 5.56 Å². The molecule has 0 fully saturated rings. The second kappa shape index (κ2) is 7.07. The molecule has 2 aromatic carbocycles. The van der Waals surface area contributed by atoms with Crippen LogP contribution in [0.3, 0.4) is 0 Å². The molecule has 0 amide bonds. The fourth-order valence-corrected chi connectivity index (χ4v) is 3.19. The average Bonchev–Trinajstić information content (AvgIpc) is 2.60. The topological polar surface area (TPSA) is 59.3 Å². The highest BCUT2D eigenvalue weighted by molar-refractivity contribution is 9.10. The first kappa shape index (κ1) is 17.2. The summed E-state index contributed by atoms with van der Waals surface area (Å²) in [6.45, 7) is 1.80. The van der Waals surface area contributed by atoms with Gasteiger partial charge in [-0.1, -0.05) is 52.3 Å². The van der Waals surface area contributed by atoms with Gasteiger partial charge >= 0.3 is 5.97 Å². The minimum Gasteiger partial charge on any atom is -0.478 e. The summed E-state index contributed by atoms with van der Waals surface area (Å²) in [5.41, 5.74) is 1.34. The van der Waals surface area contributed by atoms with Crippen LogP contribution in [0.2, 0.25) is 0 Å². The van der Waals surface area contributed by atoms with Crippen molar-refractivity contribution in [3.8, 4) is 0 Å². The number of hydrogen-bond donors (Lipinski definition) is 1. The van der Waals surface area contributed by atoms with Gasteiger partial charge in [-0.25, -0.2) is 4.79 Å². The van der Waals surface area contributed by atoms with E-state index in [9.17, 15) is 14.7 Å². The third-order valence-electron chi connectivity index (χ3n) is 4.02. The van der Waals surface area contributed by atoms with Crippen molar-refractivity contribution < 1.29 is 9.90 Å². The second-order valence-corrected chi connectivity index (χ2v) is 6.55. The minimum absolute atomic E-state index is 0.163. The van der Waals surface area contributed by atoms with Crippen molar-refractivity contribution in [1.82, 2.24) is 4.57 Å². The molecule has 3 aromatic rings. The fraction of sp³-hybridized carbons (Fsp3) is 0.100. The summed E-state index contributed by atoms with van der Waals surface area (Å²) in [4.78, 5) is 24.9. The number of rotatable bonds is 4. The Hall–Kier alpha value is -2.66. The summed E-state index contributed by atoms with van der Waals surface area (Å²) < 4.78 is 2.38. The standard InChI is InChI=1S/C20H16BrNO3/c1-2-11-22-17(12-13-7-9-14(21)10-8-13)18(20(24)25)15-5-3-4-6-16(15)19(22)23/h2-11H,12H2,1H3,(H,24,25)/b11-2+. The number of aromatic nitrogens is 1. The first-order valence-electron chi connectivity index (χ1n) is 7.79. The summed E-state index contributed by atoms with van der Waals surface area (Å²) in [7, 11) is 0. The summed E-state index contributed by atoms with van der Waals surface area (Å²) >= 11 is 3.39. The number of nitrogens with zero attached hydrogens (tertiary/aromatic N) is 1. The van der Waals surface area contributed by atoms with Crippen molar-refractivity contribution in [1.29, 1.82) is 0 Å². The number of hydrogen-bond acceptors (Lipinski definition) is 2. The predicted molar refractivity (Wildman–Crippen MR) is 103 cm³/mol. The summed E-state index contributed by atoms with van der Waals surface area (Å²) in [6.07, 6.45) is 3.70. The van der Waals surface area contributed by atoms with Gasteiger partial charge in [0, 0.05) is 33.6 Å². The lowest BCUT2D eigenvalue weighted by atomic mass is 9.99. The number of aromatic carboxylic acids is 1. The third kappa shape index (κ3) is 3.28. The van der Waals surface area contributed by atoms with Crippen LogP contribution in [-0.2, 0) is 6.42 Å². The van der Waals surface area contributed by atoms with Crippen molar-refractivity contribution in [2.45, 2.75) is 13.3 Å². The molecule has 25 heavy (non-hydrogen) atoms. The average molecular weight is 398 g/mol. The van der Waals surface area contributed by atoms with Gasteiger partial charge in [-0.15, -0.1) is 0 Å². The molecule has 0 saturated heterocycles. The fourth-order valence-electron chi connectivity index (χ4n) is 2.93. The Bertz CT molecular complexity index is 1030. The Morgan fingerprint density at radius 3 is 2.36 bits per heavy atom. The Morgan fingerprint density at radius 1 is 1.12 bits per heavy atom. The van der Waals surface area contributed by atoms with Crippen LogP contribution in [0.4, 0.5) is 0 Å². The number of halogens is 1. The molecule has 5 heteroatoms. The number of carboxylic acid groups (broad SMARTS) is 1. The van der Waals surface area contributed by atoms with Gasteiger partial charge in [0.15, 0.2) is 0 Å². The van der Waals surface area contributed by atoms with Crippen LogP contribution in [0.1, 0.15) is 28.5 Å².